The van der Waals surface area contributed by atoms with Crippen LogP contribution < -0.4 is 0 Å². The van der Waals surface area contributed by atoms with Crippen LogP contribution >= 0.6 is 0 Å². The molecule has 11 heavy (non-hydrogen) atoms. The summed E-state index contributed by atoms with van der Waals surface area (Å²) in [6.45, 7) is 13.2. The third-order valence-electron chi connectivity index (χ3n) is 1.50. The van der Waals surface area contributed by atoms with Crippen LogP contribution in [0.1, 0.15) is 40.5 Å². The average Bonchev–Trinajstić information content (AvgIpc) is 2.03. The zero-order chi connectivity index (χ0) is 9.28. The first-order valence-electron chi connectivity index (χ1n) is 4.55. The predicted octanol–water partition coefficient (Wildman–Crippen LogP) is 3.28. The van der Waals surface area contributed by atoms with Gasteiger partial charge in [-0.15, -0.1) is 0 Å². The summed E-state index contributed by atoms with van der Waals surface area (Å²) in [5.41, 5.74) is 1.16. The van der Waals surface area contributed by atoms with E-state index in [9.17, 15) is 0 Å². The predicted molar refractivity (Wildman–Crippen MR) is 53.7 cm³/mol. The van der Waals surface area contributed by atoms with E-state index in [1.165, 1.54) is 12.8 Å². The molecule has 0 saturated heterocycles. The number of rotatable bonds is 4. The van der Waals surface area contributed by atoms with E-state index in [4.69, 9.17) is 0 Å². The Bertz CT molecular complexity index is 86.9. The van der Waals surface area contributed by atoms with Crippen LogP contribution in [0, 0.1) is 0 Å². The second kappa shape index (κ2) is 9.54. The van der Waals surface area contributed by atoms with Crippen molar-refractivity contribution in [2.45, 2.75) is 40.5 Å². The number of nitrogens with zero attached hydrogens (tertiary/aromatic N) is 1. The average molecular weight is 157 g/mol. The lowest BCUT2D eigenvalue weighted by molar-refractivity contribution is 0.409. The van der Waals surface area contributed by atoms with E-state index in [0.29, 0.717) is 0 Å². The fraction of sp³-hybridized carbons (Fsp3) is 0.800. The van der Waals surface area contributed by atoms with Crippen molar-refractivity contribution < 1.29 is 0 Å². The highest BCUT2D eigenvalue weighted by Gasteiger charge is 1.92. The van der Waals surface area contributed by atoms with Gasteiger partial charge in [0.05, 0.1) is 0 Å². The van der Waals surface area contributed by atoms with Crippen molar-refractivity contribution >= 4 is 0 Å². The molecule has 0 aliphatic rings. The molecule has 0 aliphatic heterocycles. The molecule has 0 unspecified atom stereocenters. The van der Waals surface area contributed by atoms with Gasteiger partial charge >= 0.3 is 0 Å². The van der Waals surface area contributed by atoms with Crippen LogP contribution in [0.5, 0.6) is 0 Å². The van der Waals surface area contributed by atoms with Crippen molar-refractivity contribution in [1.29, 1.82) is 0 Å². The lowest BCUT2D eigenvalue weighted by Crippen LogP contribution is -2.15. The van der Waals surface area contributed by atoms with Gasteiger partial charge in [-0.3, -0.25) is 0 Å². The lowest BCUT2D eigenvalue weighted by Gasteiger charge is -2.17. The van der Waals surface area contributed by atoms with Crippen LogP contribution in [0.4, 0.5) is 0 Å². The molecule has 0 radical (unpaired) electrons. The van der Waals surface area contributed by atoms with Gasteiger partial charge in [0, 0.05) is 19.3 Å². The maximum absolute atomic E-state index is 3.83. The number of hydrogen-bond acceptors (Lipinski definition) is 1. The van der Waals surface area contributed by atoms with E-state index in [1.54, 1.807) is 0 Å². The summed E-state index contributed by atoms with van der Waals surface area (Å²) in [5.74, 6) is 0. The van der Waals surface area contributed by atoms with E-state index in [0.717, 1.165) is 12.2 Å². The Morgan fingerprint density at radius 1 is 1.36 bits per heavy atom. The minimum atomic E-state index is 1.14. The first-order chi connectivity index (χ1) is 5.18. The Kier molecular flexibility index (Phi) is 11.4. The molecule has 0 aromatic carbocycles. The van der Waals surface area contributed by atoms with Crippen LogP contribution in [0.3, 0.4) is 0 Å². The molecule has 0 saturated carbocycles. The van der Waals surface area contributed by atoms with Gasteiger partial charge in [-0.05, 0) is 13.3 Å². The molecule has 0 aliphatic carbocycles. The Labute approximate surface area is 72.1 Å². The van der Waals surface area contributed by atoms with Gasteiger partial charge in [0.25, 0.3) is 0 Å². The van der Waals surface area contributed by atoms with Gasteiger partial charge in [-0.25, -0.2) is 0 Å². The van der Waals surface area contributed by atoms with Crippen molar-refractivity contribution in [2.75, 3.05) is 13.6 Å². The smallest absolute Gasteiger partial charge is 0.0171 e. The summed E-state index contributed by atoms with van der Waals surface area (Å²) in [6.07, 6.45) is 2.53. The van der Waals surface area contributed by atoms with Gasteiger partial charge in [-0.1, -0.05) is 33.8 Å². The highest BCUT2D eigenvalue weighted by Crippen LogP contribution is 1.98. The van der Waals surface area contributed by atoms with Crippen molar-refractivity contribution in [3.8, 4) is 0 Å². The van der Waals surface area contributed by atoms with E-state index in [-0.39, 0.29) is 0 Å². The van der Waals surface area contributed by atoms with Crippen molar-refractivity contribution in [3.63, 3.8) is 0 Å². The van der Waals surface area contributed by atoms with Crippen LogP contribution in [0.2, 0.25) is 0 Å². The minimum Gasteiger partial charge on any atom is -0.379 e. The normalized spacial score (nSPS) is 8.09. The summed E-state index contributed by atoms with van der Waals surface area (Å²) in [4.78, 5) is 2.18. The minimum absolute atomic E-state index is 1.14. The van der Waals surface area contributed by atoms with Crippen LogP contribution in [0.15, 0.2) is 12.3 Å². The number of hydrogen-bond donors (Lipinski definition) is 0. The zero-order valence-electron chi connectivity index (χ0n) is 8.78. The standard InChI is InChI=1S/C8H17N.C2H6/c1-5-6-7-9(4)8(2)3;1-2/h2,5-7H2,1,3-4H3;1-2H3. The second-order valence-electron chi connectivity index (χ2n) is 2.51. The summed E-state index contributed by atoms with van der Waals surface area (Å²) in [6, 6.07) is 0. The van der Waals surface area contributed by atoms with E-state index in [1.807, 2.05) is 20.8 Å². The Morgan fingerprint density at radius 2 is 1.82 bits per heavy atom. The van der Waals surface area contributed by atoms with Gasteiger partial charge in [0.1, 0.15) is 0 Å². The highest BCUT2D eigenvalue weighted by atomic mass is 15.1. The molecule has 0 spiro atoms. The first-order valence-corrected chi connectivity index (χ1v) is 4.55. The van der Waals surface area contributed by atoms with Gasteiger partial charge < -0.3 is 4.90 Å². The fourth-order valence-electron chi connectivity index (χ4n) is 0.586. The number of unbranched alkanes of at least 4 members (excludes halogenated alkanes) is 1. The van der Waals surface area contributed by atoms with Crippen molar-refractivity contribution in [2.24, 2.45) is 0 Å². The SMILES string of the molecule is C=C(C)N(C)CCCC.CC. The largest absolute Gasteiger partial charge is 0.379 e. The molecule has 1 heteroatoms. The molecular formula is C10H23N. The van der Waals surface area contributed by atoms with Gasteiger partial charge in [0.15, 0.2) is 0 Å². The molecule has 0 atom stereocenters. The Balaban J connectivity index is 0. The van der Waals surface area contributed by atoms with Crippen molar-refractivity contribution in [1.82, 2.24) is 4.90 Å². The maximum atomic E-state index is 3.83. The monoisotopic (exact) mass is 157 g/mol. The molecular weight excluding hydrogens is 134 g/mol. The third-order valence-corrected chi connectivity index (χ3v) is 1.50. The van der Waals surface area contributed by atoms with Gasteiger partial charge in [0.2, 0.25) is 0 Å². The Hall–Kier alpha value is -0.460. The molecule has 0 heterocycles. The molecule has 0 bridgehead atoms. The topological polar surface area (TPSA) is 3.24 Å². The highest BCUT2D eigenvalue weighted by molar-refractivity contribution is 4.85. The summed E-state index contributed by atoms with van der Waals surface area (Å²) in [5, 5.41) is 0. The second-order valence-corrected chi connectivity index (χ2v) is 2.51. The number of allylic oxidation sites excluding steroid dienone is 1. The molecule has 0 rings (SSSR count). The van der Waals surface area contributed by atoms with Crippen LogP contribution in [-0.4, -0.2) is 18.5 Å². The summed E-state index contributed by atoms with van der Waals surface area (Å²) in [7, 11) is 2.08. The van der Waals surface area contributed by atoms with Gasteiger partial charge in [-0.2, -0.15) is 0 Å². The lowest BCUT2D eigenvalue weighted by atomic mass is 10.3. The quantitative estimate of drug-likeness (QED) is 0.605. The van der Waals surface area contributed by atoms with Crippen molar-refractivity contribution in [3.05, 3.63) is 12.3 Å². The zero-order valence-corrected chi connectivity index (χ0v) is 8.78. The molecule has 0 aromatic heterocycles. The maximum Gasteiger partial charge on any atom is 0.0171 e. The summed E-state index contributed by atoms with van der Waals surface area (Å²) < 4.78 is 0. The molecule has 0 fully saturated rings. The first kappa shape index (κ1) is 13.2. The van der Waals surface area contributed by atoms with E-state index in [2.05, 4.69) is 25.5 Å². The molecule has 0 amide bonds. The molecule has 0 N–H and O–H groups in total. The van der Waals surface area contributed by atoms with E-state index < -0.39 is 0 Å². The van der Waals surface area contributed by atoms with E-state index >= 15 is 0 Å². The third kappa shape index (κ3) is 9.54. The van der Waals surface area contributed by atoms with Crippen LogP contribution in [-0.2, 0) is 0 Å². The Morgan fingerprint density at radius 3 is 2.09 bits per heavy atom. The van der Waals surface area contributed by atoms with Crippen LogP contribution in [0.25, 0.3) is 0 Å². The molecule has 1 nitrogen and oxygen atoms in total. The molecule has 0 aromatic rings. The fourth-order valence-corrected chi connectivity index (χ4v) is 0.586. The summed E-state index contributed by atoms with van der Waals surface area (Å²) >= 11 is 0. The molecule has 68 valence electrons.